The van der Waals surface area contributed by atoms with Crippen molar-refractivity contribution in [3.63, 3.8) is 0 Å². The number of carbonyl (C=O) groups is 1. The molecule has 0 spiro atoms. The Kier molecular flexibility index (Phi) is 6.32. The third-order valence-electron chi connectivity index (χ3n) is 3.19. The van der Waals surface area contributed by atoms with Gasteiger partial charge in [0.2, 0.25) is 15.9 Å². The third kappa shape index (κ3) is 5.78. The molecule has 0 aliphatic rings. The van der Waals surface area contributed by atoms with Gasteiger partial charge in [-0.1, -0.05) is 30.3 Å². The molecule has 1 heterocycles. The van der Waals surface area contributed by atoms with Crippen molar-refractivity contribution in [2.45, 2.75) is 30.5 Å². The van der Waals surface area contributed by atoms with Crippen LogP contribution in [0.2, 0.25) is 0 Å². The zero-order valence-corrected chi connectivity index (χ0v) is 14.5. The van der Waals surface area contributed by atoms with Crippen molar-refractivity contribution in [2.24, 2.45) is 0 Å². The van der Waals surface area contributed by atoms with Gasteiger partial charge in [0.1, 0.15) is 4.21 Å². The highest BCUT2D eigenvalue weighted by atomic mass is 32.2. The van der Waals surface area contributed by atoms with Gasteiger partial charge in [-0.25, -0.2) is 13.1 Å². The molecular formula is C16H20N2O3S2. The van der Waals surface area contributed by atoms with E-state index in [2.05, 4.69) is 10.0 Å². The predicted molar refractivity (Wildman–Crippen MR) is 91.8 cm³/mol. The molecule has 23 heavy (non-hydrogen) atoms. The predicted octanol–water partition coefficient (Wildman–Crippen LogP) is 2.30. The summed E-state index contributed by atoms with van der Waals surface area (Å²) in [5.41, 5.74) is 1.19. The first-order chi connectivity index (χ1) is 11.0. The minimum Gasteiger partial charge on any atom is -0.351 e. The molecule has 2 aromatic rings. The Morgan fingerprint density at radius 2 is 1.87 bits per heavy atom. The molecular weight excluding hydrogens is 332 g/mol. The van der Waals surface area contributed by atoms with Crippen molar-refractivity contribution in [3.8, 4) is 0 Å². The van der Waals surface area contributed by atoms with Crippen LogP contribution in [0.25, 0.3) is 0 Å². The average Bonchev–Trinajstić information content (AvgIpc) is 3.00. The number of sulfonamides is 1. The molecule has 0 aliphatic carbocycles. The molecule has 7 heteroatoms. The number of hydrogen-bond acceptors (Lipinski definition) is 4. The maximum Gasteiger partial charge on any atom is 0.250 e. The molecule has 0 bridgehead atoms. The fourth-order valence-electron chi connectivity index (χ4n) is 2.02. The van der Waals surface area contributed by atoms with Crippen LogP contribution in [0.15, 0.2) is 46.7 Å². The highest BCUT2D eigenvalue weighted by Gasteiger charge is 2.16. The van der Waals surface area contributed by atoms with Gasteiger partial charge in [-0.3, -0.25) is 4.79 Å². The molecule has 0 aliphatic heterocycles. The number of aryl methyl sites for hydroxylation is 1. The summed E-state index contributed by atoms with van der Waals surface area (Å²) < 4.78 is 27.3. The molecule has 0 unspecified atom stereocenters. The number of rotatable bonds is 8. The van der Waals surface area contributed by atoms with Crippen molar-refractivity contribution in [2.75, 3.05) is 6.54 Å². The molecule has 0 radical (unpaired) electrons. The molecule has 1 amide bonds. The lowest BCUT2D eigenvalue weighted by atomic mass is 10.1. The fraction of sp³-hybridized carbons (Fsp3) is 0.312. The second-order valence-electron chi connectivity index (χ2n) is 5.12. The second kappa shape index (κ2) is 8.24. The number of amides is 1. The smallest absolute Gasteiger partial charge is 0.250 e. The highest BCUT2D eigenvalue weighted by molar-refractivity contribution is 7.91. The van der Waals surface area contributed by atoms with Gasteiger partial charge in [-0.2, -0.15) is 0 Å². The van der Waals surface area contributed by atoms with E-state index in [-0.39, 0.29) is 10.1 Å². The van der Waals surface area contributed by atoms with Crippen molar-refractivity contribution in [3.05, 3.63) is 52.9 Å². The van der Waals surface area contributed by atoms with Gasteiger partial charge in [-0.05, 0) is 30.5 Å². The van der Waals surface area contributed by atoms with Gasteiger partial charge >= 0.3 is 0 Å². The fourth-order valence-corrected chi connectivity index (χ4v) is 4.44. The summed E-state index contributed by atoms with van der Waals surface area (Å²) in [6.45, 7) is 2.18. The van der Waals surface area contributed by atoms with E-state index in [0.717, 1.165) is 17.7 Å². The topological polar surface area (TPSA) is 75.3 Å². The van der Waals surface area contributed by atoms with Gasteiger partial charge in [-0.15, -0.1) is 11.3 Å². The first-order valence-electron chi connectivity index (χ1n) is 7.34. The Balaban J connectivity index is 1.83. The summed E-state index contributed by atoms with van der Waals surface area (Å²) in [7, 11) is -3.48. The molecule has 0 saturated heterocycles. The lowest BCUT2D eigenvalue weighted by molar-refractivity contribution is -0.119. The zero-order chi connectivity index (χ0) is 16.7. The molecule has 0 saturated carbocycles. The van der Waals surface area contributed by atoms with Crippen molar-refractivity contribution < 1.29 is 13.2 Å². The van der Waals surface area contributed by atoms with E-state index in [1.54, 1.807) is 12.1 Å². The number of hydrogen-bond donors (Lipinski definition) is 2. The number of thiophene rings is 1. The van der Waals surface area contributed by atoms with E-state index in [9.17, 15) is 13.2 Å². The van der Waals surface area contributed by atoms with Crippen LogP contribution in [0.4, 0.5) is 0 Å². The van der Waals surface area contributed by atoms with Crippen LogP contribution in [-0.4, -0.2) is 20.9 Å². The lowest BCUT2D eigenvalue weighted by Crippen LogP contribution is -2.24. The van der Waals surface area contributed by atoms with Gasteiger partial charge in [0.15, 0.2) is 0 Å². The minimum absolute atomic E-state index is 0.137. The number of carbonyl (C=O) groups excluding carboxylic acids is 1. The van der Waals surface area contributed by atoms with E-state index in [0.29, 0.717) is 13.1 Å². The van der Waals surface area contributed by atoms with E-state index in [4.69, 9.17) is 0 Å². The molecule has 124 valence electrons. The first kappa shape index (κ1) is 17.7. The summed E-state index contributed by atoms with van der Waals surface area (Å²) in [6, 6.07) is 13.3. The Morgan fingerprint density at radius 1 is 1.13 bits per heavy atom. The zero-order valence-electron chi connectivity index (χ0n) is 12.9. The van der Waals surface area contributed by atoms with Crippen LogP contribution >= 0.6 is 11.3 Å². The molecule has 1 aromatic carbocycles. The summed E-state index contributed by atoms with van der Waals surface area (Å²) in [6.07, 6.45) is 1.58. The van der Waals surface area contributed by atoms with Crippen molar-refractivity contribution >= 4 is 27.3 Å². The summed E-state index contributed by atoms with van der Waals surface area (Å²) in [4.78, 5) is 11.7. The largest absolute Gasteiger partial charge is 0.351 e. The van der Waals surface area contributed by atoms with Crippen LogP contribution in [0.5, 0.6) is 0 Å². The van der Waals surface area contributed by atoms with Crippen LogP contribution in [-0.2, 0) is 27.8 Å². The van der Waals surface area contributed by atoms with Crippen molar-refractivity contribution in [1.82, 2.24) is 10.0 Å². The summed E-state index contributed by atoms with van der Waals surface area (Å²) in [5.74, 6) is -0.137. The van der Waals surface area contributed by atoms with E-state index in [1.165, 1.54) is 23.8 Å². The molecule has 0 fully saturated rings. The second-order valence-corrected chi connectivity index (χ2v) is 8.28. The third-order valence-corrected chi connectivity index (χ3v) is 6.23. The Labute approximate surface area is 140 Å². The van der Waals surface area contributed by atoms with Gasteiger partial charge in [0.25, 0.3) is 0 Å². The molecule has 1 aromatic heterocycles. The van der Waals surface area contributed by atoms with Crippen LogP contribution < -0.4 is 10.0 Å². The average molecular weight is 352 g/mol. The van der Waals surface area contributed by atoms with Crippen LogP contribution in [0.3, 0.4) is 0 Å². The highest BCUT2D eigenvalue weighted by Crippen LogP contribution is 2.21. The normalized spacial score (nSPS) is 11.3. The summed E-state index contributed by atoms with van der Waals surface area (Å²) in [5, 5.41) is 2.65. The van der Waals surface area contributed by atoms with Crippen LogP contribution in [0, 0.1) is 0 Å². The quantitative estimate of drug-likeness (QED) is 0.716. The van der Waals surface area contributed by atoms with Crippen molar-refractivity contribution in [1.29, 1.82) is 0 Å². The van der Waals surface area contributed by atoms with Gasteiger partial charge < -0.3 is 5.32 Å². The van der Waals surface area contributed by atoms with E-state index in [1.807, 2.05) is 30.3 Å². The minimum atomic E-state index is -3.48. The van der Waals surface area contributed by atoms with Crippen LogP contribution in [0.1, 0.15) is 23.8 Å². The van der Waals surface area contributed by atoms with E-state index >= 15 is 0 Å². The molecule has 0 atom stereocenters. The monoisotopic (exact) mass is 352 g/mol. The maximum atomic E-state index is 12.2. The van der Waals surface area contributed by atoms with Gasteiger partial charge in [0.05, 0.1) is 6.54 Å². The van der Waals surface area contributed by atoms with E-state index < -0.39 is 10.0 Å². The Hall–Kier alpha value is -1.70. The standard InChI is InChI=1S/C16H20N2O3S2/c1-13(19)17-12-15-9-10-16(22-15)23(20,21)18-11-5-8-14-6-3-2-4-7-14/h2-4,6-7,9-10,18H,5,8,11-12H2,1H3,(H,17,19). The molecule has 5 nitrogen and oxygen atoms in total. The Bertz CT molecular complexity index is 740. The molecule has 2 rings (SSSR count). The Morgan fingerprint density at radius 3 is 2.57 bits per heavy atom. The first-order valence-corrected chi connectivity index (χ1v) is 9.64. The number of nitrogens with one attached hydrogen (secondary N) is 2. The lowest BCUT2D eigenvalue weighted by Gasteiger charge is -2.05. The maximum absolute atomic E-state index is 12.2. The SMILES string of the molecule is CC(=O)NCc1ccc(S(=O)(=O)NCCCc2ccccc2)s1. The van der Waals surface area contributed by atoms with Gasteiger partial charge in [0, 0.05) is 18.3 Å². The summed E-state index contributed by atoms with van der Waals surface area (Å²) >= 11 is 1.17. The molecule has 2 N–H and O–H groups in total. The number of benzene rings is 1.